The van der Waals surface area contributed by atoms with E-state index < -0.39 is 42.7 Å². The van der Waals surface area contributed by atoms with E-state index in [-0.39, 0.29) is 0 Å². The van der Waals surface area contributed by atoms with Gasteiger partial charge in [-0.25, -0.2) is 4.39 Å². The van der Waals surface area contributed by atoms with Crippen LogP contribution in [0.5, 0.6) is 0 Å². The summed E-state index contributed by atoms with van der Waals surface area (Å²) in [5.74, 6) is -20.1. The standard InChI is InChI=1S/C7H3F13/c8-2(1-3(9,10)6(15,16)17)4(11,12)5(13,14)7(18,19)20/h2H,1H2. The molecule has 13 heteroatoms. The summed E-state index contributed by atoms with van der Waals surface area (Å²) in [7, 11) is 0. The smallest absolute Gasteiger partial charge is 0.240 e. The van der Waals surface area contributed by atoms with Gasteiger partial charge in [0.1, 0.15) is 0 Å². The van der Waals surface area contributed by atoms with E-state index in [4.69, 9.17) is 0 Å². The second kappa shape index (κ2) is 4.83. The van der Waals surface area contributed by atoms with Gasteiger partial charge in [-0.2, -0.15) is 52.7 Å². The first-order valence-corrected chi connectivity index (χ1v) is 4.29. The van der Waals surface area contributed by atoms with Crippen LogP contribution in [-0.2, 0) is 0 Å². The van der Waals surface area contributed by atoms with Crippen molar-refractivity contribution in [1.82, 2.24) is 0 Å². The largest absolute Gasteiger partial charge is 0.459 e. The summed E-state index contributed by atoms with van der Waals surface area (Å²) in [4.78, 5) is 0. The maximum Gasteiger partial charge on any atom is 0.459 e. The van der Waals surface area contributed by atoms with Crippen molar-refractivity contribution in [2.75, 3.05) is 0 Å². The number of hydrogen-bond acceptors (Lipinski definition) is 0. The van der Waals surface area contributed by atoms with Crippen LogP contribution in [0.4, 0.5) is 57.1 Å². The highest BCUT2D eigenvalue weighted by atomic mass is 19.4. The van der Waals surface area contributed by atoms with E-state index in [9.17, 15) is 57.1 Å². The van der Waals surface area contributed by atoms with Gasteiger partial charge in [0.2, 0.25) is 0 Å². The molecule has 0 saturated carbocycles. The molecule has 1 unspecified atom stereocenters. The minimum absolute atomic E-state index is 3.57. The topological polar surface area (TPSA) is 0 Å². The lowest BCUT2D eigenvalue weighted by atomic mass is 10.0. The van der Waals surface area contributed by atoms with Crippen LogP contribution in [0.25, 0.3) is 0 Å². The zero-order chi connectivity index (χ0) is 16.8. The van der Waals surface area contributed by atoms with Gasteiger partial charge in [-0.1, -0.05) is 0 Å². The van der Waals surface area contributed by atoms with E-state index in [0.29, 0.717) is 0 Å². The fourth-order valence-corrected chi connectivity index (χ4v) is 0.855. The molecule has 1 atom stereocenters. The number of alkyl halides is 13. The van der Waals surface area contributed by atoms with Crippen LogP contribution >= 0.6 is 0 Å². The van der Waals surface area contributed by atoms with Crippen LogP contribution in [0, 0.1) is 0 Å². The Bertz CT molecular complexity index is 334. The molecular weight excluding hydrogens is 331 g/mol. The van der Waals surface area contributed by atoms with Crippen molar-refractivity contribution in [3.05, 3.63) is 0 Å². The summed E-state index contributed by atoms with van der Waals surface area (Å²) in [5.41, 5.74) is 0. The third-order valence-electron chi connectivity index (χ3n) is 2.02. The van der Waals surface area contributed by atoms with Crippen molar-refractivity contribution < 1.29 is 57.1 Å². The molecule has 0 spiro atoms. The molecule has 0 fully saturated rings. The summed E-state index contributed by atoms with van der Waals surface area (Å²) in [6, 6.07) is 0. The fourth-order valence-electron chi connectivity index (χ4n) is 0.855. The van der Waals surface area contributed by atoms with Gasteiger partial charge in [-0.15, -0.1) is 0 Å². The molecule has 0 bridgehead atoms. The van der Waals surface area contributed by atoms with Gasteiger partial charge in [0.05, 0.1) is 6.42 Å². The van der Waals surface area contributed by atoms with Gasteiger partial charge in [-0.3, -0.25) is 0 Å². The molecule has 122 valence electrons. The number of rotatable bonds is 4. The lowest BCUT2D eigenvalue weighted by Crippen LogP contribution is -2.58. The van der Waals surface area contributed by atoms with E-state index in [0.717, 1.165) is 0 Å². The van der Waals surface area contributed by atoms with Gasteiger partial charge >= 0.3 is 30.1 Å². The van der Waals surface area contributed by atoms with Crippen LogP contribution in [0.3, 0.4) is 0 Å². The fraction of sp³-hybridized carbons (Fsp3) is 1.00. The van der Waals surface area contributed by atoms with Gasteiger partial charge in [0, 0.05) is 0 Å². The van der Waals surface area contributed by atoms with Gasteiger partial charge < -0.3 is 0 Å². The molecule has 0 rings (SSSR count). The van der Waals surface area contributed by atoms with Crippen molar-refractivity contribution >= 4 is 0 Å². The van der Waals surface area contributed by atoms with Crippen molar-refractivity contribution in [2.45, 2.75) is 42.7 Å². The van der Waals surface area contributed by atoms with Gasteiger partial charge in [0.15, 0.2) is 6.17 Å². The Morgan fingerprint density at radius 3 is 1.20 bits per heavy atom. The molecule has 0 aromatic heterocycles. The Kier molecular flexibility index (Phi) is 4.61. The van der Waals surface area contributed by atoms with E-state index in [2.05, 4.69) is 0 Å². The lowest BCUT2D eigenvalue weighted by molar-refractivity contribution is -0.372. The Balaban J connectivity index is 5.36. The molecule has 0 saturated heterocycles. The van der Waals surface area contributed by atoms with Crippen LogP contribution in [0.1, 0.15) is 6.42 Å². The Labute approximate surface area is 101 Å². The van der Waals surface area contributed by atoms with Crippen molar-refractivity contribution in [3.8, 4) is 0 Å². The molecular formula is C7H3F13. The highest BCUT2D eigenvalue weighted by molar-refractivity contribution is 4.98. The SMILES string of the molecule is FC(CC(F)(F)C(F)(F)F)C(F)(F)C(F)(F)C(F)(F)F. The second-order valence-corrected chi connectivity index (χ2v) is 3.57. The molecule has 20 heavy (non-hydrogen) atoms. The lowest BCUT2D eigenvalue weighted by Gasteiger charge is -2.32. The minimum Gasteiger partial charge on any atom is -0.240 e. The monoisotopic (exact) mass is 334 g/mol. The van der Waals surface area contributed by atoms with E-state index in [1.165, 1.54) is 0 Å². The maximum atomic E-state index is 12.5. The number of halogens is 13. The quantitative estimate of drug-likeness (QED) is 0.651. The molecule has 0 aliphatic heterocycles. The molecule has 0 aromatic rings. The summed E-state index contributed by atoms with van der Waals surface area (Å²) in [5, 5.41) is 0. The average Bonchev–Trinajstić information content (AvgIpc) is 2.12. The van der Waals surface area contributed by atoms with Crippen LogP contribution in [0.15, 0.2) is 0 Å². The Hall–Kier alpha value is -0.910. The average molecular weight is 334 g/mol. The summed E-state index contributed by atoms with van der Waals surface area (Å²) >= 11 is 0. The molecule has 0 heterocycles. The molecule has 0 aliphatic carbocycles. The Morgan fingerprint density at radius 1 is 0.600 bits per heavy atom. The summed E-state index contributed by atoms with van der Waals surface area (Å²) in [6.45, 7) is 0. The summed E-state index contributed by atoms with van der Waals surface area (Å²) < 4.78 is 155. The first kappa shape index (κ1) is 19.1. The maximum absolute atomic E-state index is 12.5. The molecule has 0 nitrogen and oxygen atoms in total. The van der Waals surface area contributed by atoms with E-state index in [1.807, 2.05) is 0 Å². The molecule has 0 amide bonds. The third kappa shape index (κ3) is 3.22. The highest BCUT2D eigenvalue weighted by Crippen LogP contribution is 2.51. The first-order valence-electron chi connectivity index (χ1n) is 4.29. The molecule has 0 aliphatic rings. The third-order valence-corrected chi connectivity index (χ3v) is 2.02. The van der Waals surface area contributed by atoms with Gasteiger partial charge in [0.25, 0.3) is 0 Å². The Morgan fingerprint density at radius 2 is 0.950 bits per heavy atom. The van der Waals surface area contributed by atoms with Crippen LogP contribution in [-0.4, -0.2) is 36.3 Å². The van der Waals surface area contributed by atoms with Crippen molar-refractivity contribution in [1.29, 1.82) is 0 Å². The zero-order valence-electron chi connectivity index (χ0n) is 8.70. The van der Waals surface area contributed by atoms with Crippen molar-refractivity contribution in [3.63, 3.8) is 0 Å². The predicted molar refractivity (Wildman–Crippen MR) is 36.5 cm³/mol. The van der Waals surface area contributed by atoms with Crippen LogP contribution in [0.2, 0.25) is 0 Å². The molecule has 0 radical (unpaired) electrons. The molecule has 0 aromatic carbocycles. The van der Waals surface area contributed by atoms with Crippen LogP contribution < -0.4 is 0 Å². The predicted octanol–water partition coefficient (Wildman–Crippen LogP) is 4.75. The van der Waals surface area contributed by atoms with E-state index >= 15 is 0 Å². The first-order chi connectivity index (χ1) is 8.38. The zero-order valence-corrected chi connectivity index (χ0v) is 8.70. The molecule has 0 N–H and O–H groups in total. The summed E-state index contributed by atoms with van der Waals surface area (Å²) in [6.07, 6.45) is -22.3. The normalized spacial score (nSPS) is 17.2. The second-order valence-electron chi connectivity index (χ2n) is 3.57. The highest BCUT2D eigenvalue weighted by Gasteiger charge is 2.77. The number of hydrogen-bond donors (Lipinski definition) is 0. The van der Waals surface area contributed by atoms with Crippen molar-refractivity contribution in [2.24, 2.45) is 0 Å². The van der Waals surface area contributed by atoms with Gasteiger partial charge in [-0.05, 0) is 0 Å². The minimum atomic E-state index is -7.11. The van der Waals surface area contributed by atoms with E-state index in [1.54, 1.807) is 0 Å².